The predicted octanol–water partition coefficient (Wildman–Crippen LogP) is 3.24. The first-order valence-electron chi connectivity index (χ1n) is 8.52. The lowest BCUT2D eigenvalue weighted by atomic mass is 9.85. The summed E-state index contributed by atoms with van der Waals surface area (Å²) in [5.41, 5.74) is 1.58. The highest BCUT2D eigenvalue weighted by Crippen LogP contribution is 2.32. The van der Waals surface area contributed by atoms with Gasteiger partial charge in [0, 0.05) is 30.5 Å². The van der Waals surface area contributed by atoms with Gasteiger partial charge >= 0.3 is 0 Å². The van der Waals surface area contributed by atoms with E-state index < -0.39 is 0 Å². The van der Waals surface area contributed by atoms with Crippen LogP contribution in [0.4, 0.5) is 5.95 Å². The van der Waals surface area contributed by atoms with E-state index in [1.54, 1.807) is 43.7 Å². The molecule has 0 bridgehead atoms. The maximum absolute atomic E-state index is 12.4. The molecule has 0 spiro atoms. The Hall–Kier alpha value is -3.48. The minimum atomic E-state index is -0.331. The van der Waals surface area contributed by atoms with Gasteiger partial charge in [0.2, 0.25) is 5.95 Å². The van der Waals surface area contributed by atoms with Gasteiger partial charge in [-0.25, -0.2) is 9.97 Å². The van der Waals surface area contributed by atoms with Crippen molar-refractivity contribution >= 4 is 17.6 Å². The molecule has 2 heterocycles. The normalized spacial score (nSPS) is 15.9. The largest absolute Gasteiger partial charge is 0.497 e. The number of nitrogens with one attached hydrogen (secondary N) is 1. The van der Waals surface area contributed by atoms with E-state index in [1.165, 1.54) is 6.20 Å². The van der Waals surface area contributed by atoms with Crippen LogP contribution in [0.1, 0.15) is 44.5 Å². The number of furan rings is 1. The zero-order chi connectivity index (χ0) is 18.8. The van der Waals surface area contributed by atoms with Crippen LogP contribution in [0.5, 0.6) is 5.75 Å². The van der Waals surface area contributed by atoms with Crippen LogP contribution in [0.2, 0.25) is 0 Å². The van der Waals surface area contributed by atoms with Gasteiger partial charge in [0.25, 0.3) is 5.91 Å². The third kappa shape index (κ3) is 3.44. The molecule has 1 amide bonds. The summed E-state index contributed by atoms with van der Waals surface area (Å²) in [6.07, 6.45) is 3.99. The number of ketones is 1. The Morgan fingerprint density at radius 2 is 2.04 bits per heavy atom. The van der Waals surface area contributed by atoms with Gasteiger partial charge in [0.1, 0.15) is 11.5 Å². The molecule has 3 aromatic rings. The molecule has 0 radical (unpaired) electrons. The monoisotopic (exact) mass is 363 g/mol. The molecule has 136 valence electrons. The minimum Gasteiger partial charge on any atom is -0.497 e. The van der Waals surface area contributed by atoms with Crippen LogP contribution >= 0.6 is 0 Å². The number of methoxy groups -OCH3 is 1. The van der Waals surface area contributed by atoms with Crippen LogP contribution in [0, 0.1) is 0 Å². The van der Waals surface area contributed by atoms with Gasteiger partial charge in [-0.15, -0.1) is 0 Å². The fourth-order valence-electron chi connectivity index (χ4n) is 3.15. The van der Waals surface area contributed by atoms with Crippen molar-refractivity contribution in [1.29, 1.82) is 0 Å². The lowest BCUT2D eigenvalue weighted by Gasteiger charge is -2.21. The van der Waals surface area contributed by atoms with Crippen LogP contribution in [-0.4, -0.2) is 28.8 Å². The fourth-order valence-corrected chi connectivity index (χ4v) is 3.15. The molecule has 2 aromatic heterocycles. The number of hydrogen-bond acceptors (Lipinski definition) is 6. The smallest absolute Gasteiger partial charge is 0.258 e. The number of Topliss-reactive ketones (excluding diaryl/α,β-unsaturated/α-hetero) is 1. The highest BCUT2D eigenvalue weighted by Gasteiger charge is 2.29. The molecular weight excluding hydrogens is 346 g/mol. The van der Waals surface area contributed by atoms with E-state index in [-0.39, 0.29) is 23.6 Å². The number of ether oxygens (including phenoxy) is 1. The topological polar surface area (TPSA) is 94.3 Å². The van der Waals surface area contributed by atoms with E-state index in [2.05, 4.69) is 15.3 Å². The second-order valence-corrected chi connectivity index (χ2v) is 6.28. The molecule has 4 rings (SSSR count). The molecule has 1 aliphatic rings. The molecular formula is C20H17N3O4. The second kappa shape index (κ2) is 7.03. The Bertz CT molecular complexity index is 981. The lowest BCUT2D eigenvalue weighted by molar-refractivity contribution is 0.0958. The number of carbonyl (C=O) groups excluding carboxylic acids is 2. The minimum absolute atomic E-state index is 0.0225. The predicted molar refractivity (Wildman–Crippen MR) is 97.1 cm³/mol. The van der Waals surface area contributed by atoms with Crippen molar-refractivity contribution in [3.63, 3.8) is 0 Å². The Kier molecular flexibility index (Phi) is 4.42. The summed E-state index contributed by atoms with van der Waals surface area (Å²) in [7, 11) is 1.56. The summed E-state index contributed by atoms with van der Waals surface area (Å²) >= 11 is 0. The number of amides is 1. The van der Waals surface area contributed by atoms with Gasteiger partial charge in [-0.05, 0) is 36.4 Å². The van der Waals surface area contributed by atoms with Crippen LogP contribution in [0.25, 0.3) is 0 Å². The van der Waals surface area contributed by atoms with Crippen LogP contribution < -0.4 is 10.1 Å². The number of anilines is 1. The Labute approximate surface area is 155 Å². The van der Waals surface area contributed by atoms with Crippen molar-refractivity contribution in [2.45, 2.75) is 18.8 Å². The van der Waals surface area contributed by atoms with Crippen molar-refractivity contribution in [2.75, 3.05) is 12.4 Å². The Morgan fingerprint density at radius 1 is 1.22 bits per heavy atom. The van der Waals surface area contributed by atoms with E-state index in [4.69, 9.17) is 9.15 Å². The number of benzene rings is 1. The number of carbonyl (C=O) groups is 2. The molecule has 1 aliphatic carbocycles. The van der Waals surface area contributed by atoms with E-state index in [0.29, 0.717) is 35.4 Å². The quantitative estimate of drug-likeness (QED) is 0.765. The lowest BCUT2D eigenvalue weighted by Crippen LogP contribution is -2.22. The average molecular weight is 363 g/mol. The molecule has 7 nitrogen and oxygen atoms in total. The zero-order valence-corrected chi connectivity index (χ0v) is 14.6. The molecule has 1 atom stereocenters. The summed E-state index contributed by atoms with van der Waals surface area (Å²) in [4.78, 5) is 33.3. The number of fused-ring (bicyclic) bond motifs is 1. The molecule has 0 saturated carbocycles. The van der Waals surface area contributed by atoms with Crippen molar-refractivity contribution in [1.82, 2.24) is 9.97 Å². The second-order valence-electron chi connectivity index (χ2n) is 6.28. The third-order valence-corrected chi connectivity index (χ3v) is 4.56. The van der Waals surface area contributed by atoms with Gasteiger partial charge in [0.05, 0.1) is 24.6 Å². The van der Waals surface area contributed by atoms with Crippen molar-refractivity contribution in [2.24, 2.45) is 0 Å². The van der Waals surface area contributed by atoms with E-state index in [1.807, 2.05) is 6.07 Å². The first-order chi connectivity index (χ1) is 13.1. The van der Waals surface area contributed by atoms with Crippen LogP contribution in [0.15, 0.2) is 53.3 Å². The SMILES string of the molecule is COc1ccc(C(=O)Nc2ncc3c(n2)C[C@H](c2ccco2)CC3=O)cc1. The van der Waals surface area contributed by atoms with Crippen molar-refractivity contribution < 1.29 is 18.7 Å². The van der Waals surface area contributed by atoms with Crippen LogP contribution in [0.3, 0.4) is 0 Å². The summed E-state index contributed by atoms with van der Waals surface area (Å²) in [5.74, 6) is 1.19. The molecule has 1 aromatic carbocycles. The summed E-state index contributed by atoms with van der Waals surface area (Å²) in [5, 5.41) is 2.67. The van der Waals surface area contributed by atoms with E-state index in [9.17, 15) is 9.59 Å². The van der Waals surface area contributed by atoms with E-state index in [0.717, 1.165) is 5.76 Å². The summed E-state index contributed by atoms with van der Waals surface area (Å²) in [6.45, 7) is 0. The molecule has 1 N–H and O–H groups in total. The number of aromatic nitrogens is 2. The maximum Gasteiger partial charge on any atom is 0.258 e. The number of nitrogens with zero attached hydrogens (tertiary/aromatic N) is 2. The molecule has 0 unspecified atom stereocenters. The van der Waals surface area contributed by atoms with Crippen molar-refractivity contribution in [3.8, 4) is 5.75 Å². The molecule has 7 heteroatoms. The Morgan fingerprint density at radius 3 is 2.74 bits per heavy atom. The van der Waals surface area contributed by atoms with Gasteiger partial charge < -0.3 is 9.15 Å². The van der Waals surface area contributed by atoms with Gasteiger partial charge in [-0.1, -0.05) is 0 Å². The molecule has 0 fully saturated rings. The Balaban J connectivity index is 1.54. The standard InChI is InChI=1S/C20H17N3O4/c1-26-14-6-4-12(5-7-14)19(25)23-20-21-11-15-16(22-20)9-13(10-17(15)24)18-3-2-8-27-18/h2-8,11,13H,9-10H2,1H3,(H,21,22,23,25)/t13-/m0/s1. The molecule has 0 aliphatic heterocycles. The first-order valence-corrected chi connectivity index (χ1v) is 8.52. The molecule has 27 heavy (non-hydrogen) atoms. The number of rotatable bonds is 4. The number of hydrogen-bond donors (Lipinski definition) is 1. The zero-order valence-electron chi connectivity index (χ0n) is 14.6. The van der Waals surface area contributed by atoms with Crippen LogP contribution in [-0.2, 0) is 6.42 Å². The third-order valence-electron chi connectivity index (χ3n) is 4.56. The highest BCUT2D eigenvalue weighted by molar-refractivity contribution is 6.03. The average Bonchev–Trinajstić information content (AvgIpc) is 3.22. The van der Waals surface area contributed by atoms with Crippen molar-refractivity contribution in [3.05, 3.63) is 71.4 Å². The van der Waals surface area contributed by atoms with Gasteiger partial charge in [-0.3, -0.25) is 14.9 Å². The maximum atomic E-state index is 12.4. The van der Waals surface area contributed by atoms with Gasteiger partial charge in [0.15, 0.2) is 5.78 Å². The summed E-state index contributed by atoms with van der Waals surface area (Å²) in [6, 6.07) is 10.4. The first kappa shape index (κ1) is 17.0. The highest BCUT2D eigenvalue weighted by atomic mass is 16.5. The van der Waals surface area contributed by atoms with E-state index >= 15 is 0 Å². The summed E-state index contributed by atoms with van der Waals surface area (Å²) < 4.78 is 10.5. The van der Waals surface area contributed by atoms with Gasteiger partial charge in [-0.2, -0.15) is 0 Å². The molecule has 0 saturated heterocycles. The fraction of sp³-hybridized carbons (Fsp3) is 0.200.